The van der Waals surface area contributed by atoms with Crippen LogP contribution in [0.15, 0.2) is 22.7 Å². The number of hydrogen-bond acceptors (Lipinski definition) is 2. The second kappa shape index (κ2) is 4.14. The van der Waals surface area contributed by atoms with Gasteiger partial charge in [-0.15, -0.1) is 0 Å². The Morgan fingerprint density at radius 3 is 2.73 bits per heavy atom. The lowest BCUT2D eigenvalue weighted by atomic mass is 10.1. The van der Waals surface area contributed by atoms with E-state index in [1.807, 2.05) is 0 Å². The van der Waals surface area contributed by atoms with Crippen molar-refractivity contribution in [3.8, 4) is 0 Å². The first-order chi connectivity index (χ1) is 7.20. The molecule has 1 N–H and O–H groups in total. The van der Waals surface area contributed by atoms with Gasteiger partial charge in [0.1, 0.15) is 0 Å². The van der Waals surface area contributed by atoms with E-state index >= 15 is 0 Å². The Morgan fingerprint density at radius 2 is 2.20 bits per heavy atom. The fourth-order valence-electron chi connectivity index (χ4n) is 1.26. The fraction of sp³-hybridized carbons (Fsp3) is 0.273. The number of rotatable bonds is 3. The van der Waals surface area contributed by atoms with Crippen LogP contribution in [-0.4, -0.2) is 18.2 Å². The van der Waals surface area contributed by atoms with Crippen LogP contribution in [0, 0.1) is 0 Å². The van der Waals surface area contributed by atoms with Crippen molar-refractivity contribution in [3.63, 3.8) is 0 Å². The Hall–Kier alpha value is -1.16. The van der Waals surface area contributed by atoms with Crippen molar-refractivity contribution in [3.05, 3.63) is 33.8 Å². The Morgan fingerprint density at radius 1 is 1.47 bits per heavy atom. The Kier molecular flexibility index (Phi) is 2.86. The van der Waals surface area contributed by atoms with Crippen molar-refractivity contribution >= 4 is 28.1 Å². The Balaban J connectivity index is 2.16. The van der Waals surface area contributed by atoms with Crippen LogP contribution in [0.25, 0.3) is 0 Å². The fourth-order valence-corrected chi connectivity index (χ4v) is 1.73. The van der Waals surface area contributed by atoms with Crippen molar-refractivity contribution in [2.75, 3.05) is 0 Å². The predicted molar refractivity (Wildman–Crippen MR) is 60.0 cm³/mol. The largest absolute Gasteiger partial charge is 0.349 e. The maximum Gasteiger partial charge on any atom is 0.251 e. The van der Waals surface area contributed by atoms with E-state index in [1.54, 1.807) is 18.2 Å². The van der Waals surface area contributed by atoms with Gasteiger partial charge in [0.25, 0.3) is 5.91 Å². The van der Waals surface area contributed by atoms with Crippen LogP contribution in [0.4, 0.5) is 0 Å². The monoisotopic (exact) mass is 267 g/mol. The quantitative estimate of drug-likeness (QED) is 0.854. The first-order valence-corrected chi connectivity index (χ1v) is 5.55. The number of aldehydes is 1. The topological polar surface area (TPSA) is 46.2 Å². The lowest BCUT2D eigenvalue weighted by molar-refractivity contribution is 0.0950. The molecule has 0 heterocycles. The van der Waals surface area contributed by atoms with Gasteiger partial charge in [-0.3, -0.25) is 9.59 Å². The van der Waals surface area contributed by atoms with E-state index in [2.05, 4.69) is 21.2 Å². The van der Waals surface area contributed by atoms with E-state index in [1.165, 1.54) is 0 Å². The highest BCUT2D eigenvalue weighted by Crippen LogP contribution is 2.21. The lowest BCUT2D eigenvalue weighted by Crippen LogP contribution is -2.25. The van der Waals surface area contributed by atoms with Gasteiger partial charge in [0.2, 0.25) is 0 Å². The molecule has 78 valence electrons. The maximum absolute atomic E-state index is 11.6. The Bertz CT molecular complexity index is 413. The van der Waals surface area contributed by atoms with Crippen molar-refractivity contribution < 1.29 is 9.59 Å². The summed E-state index contributed by atoms with van der Waals surface area (Å²) in [6.45, 7) is 0. The van der Waals surface area contributed by atoms with Crippen molar-refractivity contribution in [1.82, 2.24) is 5.32 Å². The molecule has 0 spiro atoms. The van der Waals surface area contributed by atoms with Crippen LogP contribution in [0.5, 0.6) is 0 Å². The smallest absolute Gasteiger partial charge is 0.251 e. The van der Waals surface area contributed by atoms with Crippen LogP contribution in [-0.2, 0) is 0 Å². The second-order valence-electron chi connectivity index (χ2n) is 3.60. The minimum atomic E-state index is -0.0735. The van der Waals surface area contributed by atoms with Gasteiger partial charge < -0.3 is 5.32 Å². The van der Waals surface area contributed by atoms with Crippen LogP contribution >= 0.6 is 15.9 Å². The van der Waals surface area contributed by atoms with E-state index < -0.39 is 0 Å². The third kappa shape index (κ3) is 2.45. The minimum absolute atomic E-state index is 0.0735. The van der Waals surface area contributed by atoms with Gasteiger partial charge in [-0.2, -0.15) is 0 Å². The first-order valence-electron chi connectivity index (χ1n) is 4.76. The highest BCUT2D eigenvalue weighted by molar-refractivity contribution is 9.10. The summed E-state index contributed by atoms with van der Waals surface area (Å²) >= 11 is 3.25. The molecule has 1 aliphatic rings. The zero-order valence-electron chi connectivity index (χ0n) is 8.00. The molecule has 15 heavy (non-hydrogen) atoms. The number of carbonyl (C=O) groups excluding carboxylic acids is 2. The van der Waals surface area contributed by atoms with Crippen molar-refractivity contribution in [1.29, 1.82) is 0 Å². The van der Waals surface area contributed by atoms with Gasteiger partial charge in [0, 0.05) is 21.6 Å². The van der Waals surface area contributed by atoms with Gasteiger partial charge in [0.15, 0.2) is 6.29 Å². The zero-order valence-corrected chi connectivity index (χ0v) is 9.58. The summed E-state index contributed by atoms with van der Waals surface area (Å²) in [5.74, 6) is -0.0735. The number of nitrogens with one attached hydrogen (secondary N) is 1. The SMILES string of the molecule is O=Cc1ccc(C(=O)NC2CC2)cc1Br. The number of benzene rings is 1. The van der Waals surface area contributed by atoms with Gasteiger partial charge in [-0.05, 0) is 31.0 Å². The Labute approximate surface area is 96.0 Å². The normalized spacial score (nSPS) is 14.7. The first kappa shape index (κ1) is 10.4. The average molecular weight is 268 g/mol. The summed E-state index contributed by atoms with van der Waals surface area (Å²) in [5.41, 5.74) is 1.14. The van der Waals surface area contributed by atoms with Crippen molar-refractivity contribution in [2.24, 2.45) is 0 Å². The standard InChI is InChI=1S/C11H10BrNO2/c12-10-5-7(1-2-8(10)6-14)11(15)13-9-3-4-9/h1-2,5-6,9H,3-4H2,(H,13,15). The molecular weight excluding hydrogens is 258 g/mol. The van der Waals surface area contributed by atoms with E-state index in [0.29, 0.717) is 21.6 Å². The third-order valence-corrected chi connectivity index (χ3v) is 2.99. The molecule has 1 aromatic carbocycles. The van der Waals surface area contributed by atoms with Crippen LogP contribution in [0.2, 0.25) is 0 Å². The molecule has 0 bridgehead atoms. The van der Waals surface area contributed by atoms with E-state index in [-0.39, 0.29) is 5.91 Å². The van der Waals surface area contributed by atoms with Crippen LogP contribution < -0.4 is 5.32 Å². The summed E-state index contributed by atoms with van der Waals surface area (Å²) in [4.78, 5) is 22.2. The maximum atomic E-state index is 11.6. The molecule has 1 fully saturated rings. The molecule has 4 heteroatoms. The van der Waals surface area contributed by atoms with Gasteiger partial charge in [-0.1, -0.05) is 15.9 Å². The summed E-state index contributed by atoms with van der Waals surface area (Å²) in [6, 6.07) is 5.31. The molecule has 1 aliphatic carbocycles. The van der Waals surface area contributed by atoms with Gasteiger partial charge in [0.05, 0.1) is 0 Å². The molecule has 1 amide bonds. The third-order valence-electron chi connectivity index (χ3n) is 2.30. The van der Waals surface area contributed by atoms with E-state index in [0.717, 1.165) is 19.1 Å². The molecule has 0 aromatic heterocycles. The number of hydrogen-bond donors (Lipinski definition) is 1. The molecule has 1 saturated carbocycles. The van der Waals surface area contributed by atoms with Gasteiger partial charge >= 0.3 is 0 Å². The summed E-state index contributed by atoms with van der Waals surface area (Å²) in [7, 11) is 0. The number of carbonyl (C=O) groups is 2. The van der Waals surface area contributed by atoms with E-state index in [9.17, 15) is 9.59 Å². The minimum Gasteiger partial charge on any atom is -0.349 e. The number of amides is 1. The van der Waals surface area contributed by atoms with E-state index in [4.69, 9.17) is 0 Å². The molecule has 2 rings (SSSR count). The molecular formula is C11H10BrNO2. The van der Waals surface area contributed by atoms with Crippen LogP contribution in [0.3, 0.4) is 0 Å². The lowest BCUT2D eigenvalue weighted by Gasteiger charge is -2.04. The van der Waals surface area contributed by atoms with Crippen LogP contribution in [0.1, 0.15) is 33.6 Å². The predicted octanol–water partition coefficient (Wildman–Crippen LogP) is 2.15. The molecule has 0 aliphatic heterocycles. The summed E-state index contributed by atoms with van der Waals surface area (Å²) in [6.07, 6.45) is 2.89. The second-order valence-corrected chi connectivity index (χ2v) is 4.46. The molecule has 0 saturated heterocycles. The zero-order chi connectivity index (χ0) is 10.8. The summed E-state index contributed by atoms with van der Waals surface area (Å²) < 4.78 is 0.654. The molecule has 3 nitrogen and oxygen atoms in total. The summed E-state index contributed by atoms with van der Waals surface area (Å²) in [5, 5.41) is 2.89. The van der Waals surface area contributed by atoms with Crippen molar-refractivity contribution in [2.45, 2.75) is 18.9 Å². The molecule has 0 radical (unpaired) electrons. The molecule has 0 atom stereocenters. The van der Waals surface area contributed by atoms with Gasteiger partial charge in [-0.25, -0.2) is 0 Å². The highest BCUT2D eigenvalue weighted by Gasteiger charge is 2.23. The number of halogens is 1. The molecule has 0 unspecified atom stereocenters. The molecule has 1 aromatic rings. The average Bonchev–Trinajstić information content (AvgIpc) is 3.01. The highest BCUT2D eigenvalue weighted by atomic mass is 79.9.